The molecule has 14 heavy (non-hydrogen) atoms. The van der Waals surface area contributed by atoms with Crippen LogP contribution in [0.1, 0.15) is 27.2 Å². The number of esters is 1. The zero-order chi connectivity index (χ0) is 11.1. The number of hydrogen-bond acceptors (Lipinski definition) is 3. The molecule has 0 unspecified atom stereocenters. The Hall–Kier alpha value is -1.32. The molecule has 0 fully saturated rings. The van der Waals surface area contributed by atoms with Gasteiger partial charge in [0, 0.05) is 11.6 Å². The van der Waals surface area contributed by atoms with E-state index in [0.717, 1.165) is 0 Å². The fourth-order valence-corrected chi connectivity index (χ4v) is 0.754. The lowest BCUT2D eigenvalue weighted by Gasteiger charge is -2.08. The molecule has 0 spiro atoms. The van der Waals surface area contributed by atoms with E-state index in [1.807, 2.05) is 13.8 Å². The van der Waals surface area contributed by atoms with Gasteiger partial charge in [-0.3, -0.25) is 4.79 Å². The predicted octanol–water partition coefficient (Wildman–Crippen LogP) is 1.02. The molecule has 0 aromatic heterocycles. The van der Waals surface area contributed by atoms with Gasteiger partial charge in [0.05, 0.1) is 6.42 Å². The Morgan fingerprint density at radius 2 is 2.00 bits per heavy atom. The maximum atomic E-state index is 11.1. The van der Waals surface area contributed by atoms with Crippen LogP contribution in [0.2, 0.25) is 0 Å². The molecule has 0 saturated heterocycles. The first-order valence-corrected chi connectivity index (χ1v) is 4.55. The molecule has 1 N–H and O–H groups in total. The van der Waals surface area contributed by atoms with E-state index < -0.39 is 5.97 Å². The van der Waals surface area contributed by atoms with Crippen molar-refractivity contribution in [1.82, 2.24) is 5.32 Å². The van der Waals surface area contributed by atoms with Crippen LogP contribution in [0.25, 0.3) is 0 Å². The monoisotopic (exact) mass is 199 g/mol. The van der Waals surface area contributed by atoms with Crippen LogP contribution in [0.4, 0.5) is 0 Å². The third-order valence-electron chi connectivity index (χ3n) is 1.36. The van der Waals surface area contributed by atoms with Crippen LogP contribution in [0.5, 0.6) is 0 Å². The first kappa shape index (κ1) is 12.7. The van der Waals surface area contributed by atoms with Crippen molar-refractivity contribution >= 4 is 11.9 Å². The van der Waals surface area contributed by atoms with Crippen LogP contribution in [-0.2, 0) is 14.3 Å². The summed E-state index contributed by atoms with van der Waals surface area (Å²) in [6, 6.07) is 0.111. The van der Waals surface area contributed by atoms with E-state index in [1.54, 1.807) is 6.92 Å². The molecule has 0 aromatic rings. The molecule has 0 aromatic carbocycles. The fraction of sp³-hybridized carbons (Fsp3) is 0.600. The normalized spacial score (nSPS) is 9.71. The van der Waals surface area contributed by atoms with Crippen molar-refractivity contribution in [2.24, 2.45) is 0 Å². The van der Waals surface area contributed by atoms with Gasteiger partial charge in [0.15, 0.2) is 0 Å². The summed E-state index contributed by atoms with van der Waals surface area (Å²) in [5, 5.41) is 2.69. The number of nitrogens with one attached hydrogen (secondary N) is 1. The van der Waals surface area contributed by atoms with Crippen molar-refractivity contribution in [2.75, 3.05) is 6.61 Å². The van der Waals surface area contributed by atoms with Gasteiger partial charge in [0.2, 0.25) is 5.91 Å². The zero-order valence-electron chi connectivity index (χ0n) is 8.92. The SMILES string of the molecule is C=C(C)C(=O)OCCC(=O)NC(C)C. The molecule has 0 radical (unpaired) electrons. The molecular formula is C10H17NO3. The summed E-state index contributed by atoms with van der Waals surface area (Å²) in [5.41, 5.74) is 0.342. The van der Waals surface area contributed by atoms with Crippen LogP contribution in [0.15, 0.2) is 12.2 Å². The first-order valence-electron chi connectivity index (χ1n) is 4.55. The average Bonchev–Trinajstić information content (AvgIpc) is 2.02. The number of amides is 1. The van der Waals surface area contributed by atoms with Crippen LogP contribution in [0.3, 0.4) is 0 Å². The summed E-state index contributed by atoms with van der Waals surface area (Å²) in [6.07, 6.45) is 0.192. The molecule has 0 aliphatic carbocycles. The van der Waals surface area contributed by atoms with Gasteiger partial charge in [-0.2, -0.15) is 0 Å². The second-order valence-corrected chi connectivity index (χ2v) is 3.39. The second-order valence-electron chi connectivity index (χ2n) is 3.39. The van der Waals surface area contributed by atoms with Crippen molar-refractivity contribution < 1.29 is 14.3 Å². The van der Waals surface area contributed by atoms with E-state index in [1.165, 1.54) is 0 Å². The highest BCUT2D eigenvalue weighted by molar-refractivity contribution is 5.87. The highest BCUT2D eigenvalue weighted by atomic mass is 16.5. The molecule has 4 nitrogen and oxygen atoms in total. The molecule has 0 rings (SSSR count). The molecule has 0 bridgehead atoms. The Morgan fingerprint density at radius 3 is 2.43 bits per heavy atom. The fourth-order valence-electron chi connectivity index (χ4n) is 0.754. The average molecular weight is 199 g/mol. The number of ether oxygens (including phenoxy) is 1. The third kappa shape index (κ3) is 6.22. The maximum Gasteiger partial charge on any atom is 0.333 e. The van der Waals surface area contributed by atoms with Gasteiger partial charge in [-0.15, -0.1) is 0 Å². The molecule has 80 valence electrons. The smallest absolute Gasteiger partial charge is 0.333 e. The summed E-state index contributed by atoms with van der Waals surface area (Å²) >= 11 is 0. The predicted molar refractivity (Wildman–Crippen MR) is 53.7 cm³/mol. The molecule has 0 heterocycles. The van der Waals surface area contributed by atoms with E-state index in [2.05, 4.69) is 11.9 Å². The largest absolute Gasteiger partial charge is 0.462 e. The molecule has 0 aliphatic rings. The number of carbonyl (C=O) groups excluding carboxylic acids is 2. The lowest BCUT2D eigenvalue weighted by atomic mass is 10.3. The van der Waals surface area contributed by atoms with E-state index in [9.17, 15) is 9.59 Å². The molecular weight excluding hydrogens is 182 g/mol. The van der Waals surface area contributed by atoms with E-state index in [-0.39, 0.29) is 25.0 Å². The topological polar surface area (TPSA) is 55.4 Å². The Morgan fingerprint density at radius 1 is 1.43 bits per heavy atom. The van der Waals surface area contributed by atoms with Gasteiger partial charge in [-0.1, -0.05) is 6.58 Å². The van der Waals surface area contributed by atoms with Gasteiger partial charge in [-0.05, 0) is 20.8 Å². The van der Waals surface area contributed by atoms with E-state index in [4.69, 9.17) is 4.74 Å². The van der Waals surface area contributed by atoms with Crippen LogP contribution in [-0.4, -0.2) is 24.5 Å². The Kier molecular flexibility index (Phi) is 5.60. The van der Waals surface area contributed by atoms with Gasteiger partial charge in [0.1, 0.15) is 6.61 Å². The van der Waals surface area contributed by atoms with Crippen molar-refractivity contribution in [3.05, 3.63) is 12.2 Å². The van der Waals surface area contributed by atoms with Gasteiger partial charge >= 0.3 is 5.97 Å². The summed E-state index contributed by atoms with van der Waals surface area (Å²) < 4.78 is 4.76. The standard InChI is InChI=1S/C10H17NO3/c1-7(2)10(13)14-6-5-9(12)11-8(3)4/h8H,1,5-6H2,2-4H3,(H,11,12). The van der Waals surface area contributed by atoms with Gasteiger partial charge in [0.25, 0.3) is 0 Å². The van der Waals surface area contributed by atoms with E-state index >= 15 is 0 Å². The van der Waals surface area contributed by atoms with Gasteiger partial charge < -0.3 is 10.1 Å². The van der Waals surface area contributed by atoms with Crippen molar-refractivity contribution in [3.63, 3.8) is 0 Å². The quantitative estimate of drug-likeness (QED) is 0.531. The lowest BCUT2D eigenvalue weighted by molar-refractivity contribution is -0.139. The highest BCUT2D eigenvalue weighted by Crippen LogP contribution is 1.93. The van der Waals surface area contributed by atoms with Crippen LogP contribution < -0.4 is 5.32 Å². The lowest BCUT2D eigenvalue weighted by Crippen LogP contribution is -2.31. The molecule has 0 saturated carbocycles. The minimum Gasteiger partial charge on any atom is -0.462 e. The summed E-state index contributed by atoms with van der Waals surface area (Å²) in [4.78, 5) is 22.0. The maximum absolute atomic E-state index is 11.1. The van der Waals surface area contributed by atoms with E-state index in [0.29, 0.717) is 5.57 Å². The van der Waals surface area contributed by atoms with Crippen molar-refractivity contribution in [3.8, 4) is 0 Å². The number of hydrogen-bond donors (Lipinski definition) is 1. The zero-order valence-corrected chi connectivity index (χ0v) is 8.92. The molecule has 4 heteroatoms. The molecule has 0 aliphatic heterocycles. The van der Waals surface area contributed by atoms with Gasteiger partial charge in [-0.25, -0.2) is 4.79 Å². The number of carbonyl (C=O) groups is 2. The summed E-state index contributed by atoms with van der Waals surface area (Å²) in [5.74, 6) is -0.572. The Balaban J connectivity index is 3.59. The summed E-state index contributed by atoms with van der Waals surface area (Å²) in [7, 11) is 0. The molecule has 0 atom stereocenters. The highest BCUT2D eigenvalue weighted by Gasteiger charge is 2.06. The third-order valence-corrected chi connectivity index (χ3v) is 1.36. The van der Waals surface area contributed by atoms with Crippen LogP contribution >= 0.6 is 0 Å². The minimum atomic E-state index is -0.456. The Bertz CT molecular complexity index is 234. The Labute approximate surface area is 84.3 Å². The minimum absolute atomic E-state index is 0.101. The molecule has 1 amide bonds. The number of rotatable bonds is 5. The summed E-state index contributed by atoms with van der Waals surface area (Å²) in [6.45, 7) is 8.84. The first-order chi connectivity index (χ1) is 6.43. The van der Waals surface area contributed by atoms with Crippen molar-refractivity contribution in [2.45, 2.75) is 33.2 Å². The van der Waals surface area contributed by atoms with Crippen molar-refractivity contribution in [1.29, 1.82) is 0 Å². The van der Waals surface area contributed by atoms with Crippen LogP contribution in [0, 0.1) is 0 Å². The second kappa shape index (κ2) is 6.18.